The molecule has 2 saturated carbocycles. The maximum atomic E-state index is 13.3. The first-order valence-electron chi connectivity index (χ1n) is 15.6. The fourth-order valence-corrected chi connectivity index (χ4v) is 8.99. The molecule has 0 aromatic heterocycles. The highest BCUT2D eigenvalue weighted by Gasteiger charge is 2.53. The molecule has 7 nitrogen and oxygen atoms in total. The lowest BCUT2D eigenvalue weighted by Crippen LogP contribution is -2.57. The van der Waals surface area contributed by atoms with Gasteiger partial charge in [0, 0.05) is 23.7 Å². The lowest BCUT2D eigenvalue weighted by Gasteiger charge is -2.55. The number of halogens is 1. The van der Waals surface area contributed by atoms with Gasteiger partial charge < -0.3 is 14.7 Å². The van der Waals surface area contributed by atoms with E-state index in [0.29, 0.717) is 41.2 Å². The number of hydrogen-bond acceptors (Lipinski definition) is 6. The van der Waals surface area contributed by atoms with Crippen molar-refractivity contribution in [2.75, 3.05) is 18.0 Å². The Balaban J connectivity index is 1.38. The third kappa shape index (κ3) is 5.79. The van der Waals surface area contributed by atoms with Crippen LogP contribution in [0.5, 0.6) is 5.75 Å². The first-order valence-corrected chi connectivity index (χ1v) is 17.5. The van der Waals surface area contributed by atoms with Crippen LogP contribution in [-0.4, -0.2) is 43.4 Å². The van der Waals surface area contributed by atoms with Gasteiger partial charge in [-0.25, -0.2) is 13.1 Å². The molecule has 1 amide bonds. The number of anilines is 1. The quantitative estimate of drug-likeness (QED) is 0.372. The number of aliphatic hydroxyl groups is 1. The lowest BCUT2D eigenvalue weighted by atomic mass is 9.54. The first kappa shape index (κ1) is 29.8. The standard InChI is InChI=1S/C33H43ClN2O5S/c1-21-6-7-22-9-13-28(22)33(2,38)29-14-10-25(29)19-36-16-4-3-5-23-17-27(34)12-8-26(23)20-41-31-15-11-24(18-30(31)36)32(37)35-42(21,39)40/h8,11-12,15,17-18,21-22,25,28-29,38H,3-7,9-10,13-14,16,19-20H2,1-2H3,(H,35,37)/t21-,22?,25+,28+,29-,33-/m1/s1. The molecule has 0 saturated heterocycles. The summed E-state index contributed by atoms with van der Waals surface area (Å²) in [7, 11) is -3.86. The summed E-state index contributed by atoms with van der Waals surface area (Å²) < 4.78 is 35.1. The van der Waals surface area contributed by atoms with Crippen LogP contribution in [0.4, 0.5) is 5.69 Å². The van der Waals surface area contributed by atoms with Crippen molar-refractivity contribution in [2.45, 2.75) is 89.1 Å². The van der Waals surface area contributed by atoms with E-state index in [-0.39, 0.29) is 11.8 Å². The van der Waals surface area contributed by atoms with Crippen molar-refractivity contribution in [1.29, 1.82) is 0 Å². The van der Waals surface area contributed by atoms with Crippen LogP contribution in [-0.2, 0) is 23.1 Å². The molecular weight excluding hydrogens is 572 g/mol. The SMILES string of the molecule is C[C@@H]1CCC2CC[C@@H]2[C@@](C)(O)[C@@H]2CC[C@H]2CN2CCCCc3cc(Cl)ccc3COc3ccc(cc32)C(=O)NS1(=O)=O. The second kappa shape index (κ2) is 11.7. The van der Waals surface area contributed by atoms with Crippen LogP contribution in [0.15, 0.2) is 36.4 Å². The summed E-state index contributed by atoms with van der Waals surface area (Å²) in [4.78, 5) is 15.6. The van der Waals surface area contributed by atoms with Gasteiger partial charge in [-0.15, -0.1) is 0 Å². The van der Waals surface area contributed by atoms with Crippen LogP contribution in [0, 0.1) is 23.7 Å². The summed E-state index contributed by atoms with van der Waals surface area (Å²) in [6.45, 7) is 5.59. The Morgan fingerprint density at radius 1 is 0.976 bits per heavy atom. The number of aryl methyl sites for hydroxylation is 1. The monoisotopic (exact) mass is 614 g/mol. The van der Waals surface area contributed by atoms with Gasteiger partial charge in [-0.2, -0.15) is 0 Å². The highest BCUT2D eigenvalue weighted by atomic mass is 35.5. The minimum atomic E-state index is -3.86. The van der Waals surface area contributed by atoms with Gasteiger partial charge in [0.2, 0.25) is 10.0 Å². The van der Waals surface area contributed by atoms with Crippen LogP contribution in [0.2, 0.25) is 5.02 Å². The average molecular weight is 615 g/mol. The van der Waals surface area contributed by atoms with Gasteiger partial charge in [-0.3, -0.25) is 4.79 Å². The number of fused-ring (bicyclic) bond motifs is 4. The number of carbonyl (C=O) groups excluding carboxylic acids is 1. The number of nitrogens with one attached hydrogen (secondary N) is 1. The van der Waals surface area contributed by atoms with Gasteiger partial charge >= 0.3 is 0 Å². The first-order chi connectivity index (χ1) is 20.0. The van der Waals surface area contributed by atoms with Crippen molar-refractivity contribution in [1.82, 2.24) is 4.72 Å². The predicted octanol–water partition coefficient (Wildman–Crippen LogP) is 6.11. The van der Waals surface area contributed by atoms with Gasteiger partial charge in [0.25, 0.3) is 5.91 Å². The second-order valence-electron chi connectivity index (χ2n) is 13.3. The molecule has 2 N–H and O–H groups in total. The van der Waals surface area contributed by atoms with Gasteiger partial charge in [0.15, 0.2) is 0 Å². The van der Waals surface area contributed by atoms with Crippen molar-refractivity contribution in [2.24, 2.45) is 23.7 Å². The summed E-state index contributed by atoms with van der Waals surface area (Å²) in [6, 6.07) is 11.1. The molecule has 2 aromatic rings. The van der Waals surface area contributed by atoms with E-state index in [1.807, 2.05) is 25.1 Å². The third-order valence-electron chi connectivity index (χ3n) is 10.7. The van der Waals surface area contributed by atoms with Crippen LogP contribution in [0.25, 0.3) is 0 Å². The highest BCUT2D eigenvalue weighted by molar-refractivity contribution is 7.90. The molecular formula is C33H43ClN2O5S. The Morgan fingerprint density at radius 3 is 2.45 bits per heavy atom. The van der Waals surface area contributed by atoms with Gasteiger partial charge in [0.05, 0.1) is 16.5 Å². The molecule has 6 rings (SSSR count). The maximum absolute atomic E-state index is 13.3. The van der Waals surface area contributed by atoms with Crippen molar-refractivity contribution in [3.8, 4) is 5.75 Å². The molecule has 2 bridgehead atoms. The van der Waals surface area contributed by atoms with Crippen molar-refractivity contribution in [3.05, 3.63) is 58.1 Å². The molecule has 2 fully saturated rings. The van der Waals surface area contributed by atoms with E-state index in [2.05, 4.69) is 9.62 Å². The Kier molecular flexibility index (Phi) is 8.26. The predicted molar refractivity (Wildman–Crippen MR) is 166 cm³/mol. The summed E-state index contributed by atoms with van der Waals surface area (Å²) in [6.07, 6.45) is 8.08. The van der Waals surface area contributed by atoms with Crippen molar-refractivity contribution in [3.63, 3.8) is 0 Å². The fraction of sp³-hybridized carbons (Fsp3) is 0.606. The van der Waals surface area contributed by atoms with Crippen LogP contribution in [0.3, 0.4) is 0 Å². The minimum absolute atomic E-state index is 0.179. The third-order valence-corrected chi connectivity index (χ3v) is 12.7. The minimum Gasteiger partial charge on any atom is -0.487 e. The molecule has 0 radical (unpaired) electrons. The highest BCUT2D eigenvalue weighted by Crippen LogP contribution is 2.54. The number of nitrogens with zero attached hydrogens (tertiary/aromatic N) is 1. The molecule has 0 spiro atoms. The smallest absolute Gasteiger partial charge is 0.264 e. The number of hydrogen-bond donors (Lipinski definition) is 2. The molecule has 42 heavy (non-hydrogen) atoms. The van der Waals surface area contributed by atoms with E-state index in [1.54, 1.807) is 25.1 Å². The van der Waals surface area contributed by atoms with Gasteiger partial charge in [0.1, 0.15) is 12.4 Å². The second-order valence-corrected chi connectivity index (χ2v) is 15.8. The zero-order chi connectivity index (χ0) is 29.6. The molecule has 2 aromatic carbocycles. The Labute approximate surface area is 255 Å². The van der Waals surface area contributed by atoms with Crippen molar-refractivity contribution < 1.29 is 23.1 Å². The zero-order valence-corrected chi connectivity index (χ0v) is 26.2. The topological polar surface area (TPSA) is 95.9 Å². The molecule has 4 aliphatic rings. The largest absolute Gasteiger partial charge is 0.487 e. The van der Waals surface area contributed by atoms with Crippen LogP contribution >= 0.6 is 11.6 Å². The summed E-state index contributed by atoms with van der Waals surface area (Å²) >= 11 is 6.32. The molecule has 2 aliphatic carbocycles. The van der Waals surface area contributed by atoms with E-state index < -0.39 is 26.8 Å². The van der Waals surface area contributed by atoms with E-state index in [1.165, 1.54) is 5.56 Å². The number of benzene rings is 2. The molecule has 2 heterocycles. The van der Waals surface area contributed by atoms with Crippen molar-refractivity contribution >= 4 is 33.2 Å². The molecule has 228 valence electrons. The molecule has 1 unspecified atom stereocenters. The Hall–Kier alpha value is -2.29. The Bertz CT molecular complexity index is 1440. The van der Waals surface area contributed by atoms with Crippen LogP contribution in [0.1, 0.15) is 86.7 Å². The number of ether oxygens (including phenoxy) is 1. The van der Waals surface area contributed by atoms with E-state index in [4.69, 9.17) is 16.3 Å². The number of sulfonamides is 1. The lowest BCUT2D eigenvalue weighted by molar-refractivity contribution is -0.149. The van der Waals surface area contributed by atoms with Gasteiger partial charge in [-0.05, 0) is 137 Å². The Morgan fingerprint density at radius 2 is 1.71 bits per heavy atom. The van der Waals surface area contributed by atoms with Crippen LogP contribution < -0.4 is 14.4 Å². The van der Waals surface area contributed by atoms with E-state index in [9.17, 15) is 18.3 Å². The number of rotatable bonds is 0. The molecule has 2 aliphatic heterocycles. The number of amides is 1. The normalized spacial score (nSPS) is 33.2. The molecule has 9 heteroatoms. The molecule has 6 atom stereocenters. The summed E-state index contributed by atoms with van der Waals surface area (Å²) in [5.41, 5.74) is 2.58. The maximum Gasteiger partial charge on any atom is 0.264 e. The average Bonchev–Trinajstić information content (AvgIpc) is 2.92. The fourth-order valence-electron chi connectivity index (χ4n) is 7.77. The van der Waals surface area contributed by atoms with E-state index in [0.717, 1.165) is 75.7 Å². The summed E-state index contributed by atoms with van der Waals surface area (Å²) in [5, 5.41) is 12.0. The summed E-state index contributed by atoms with van der Waals surface area (Å²) in [5.74, 6) is 1.06. The number of carbonyl (C=O) groups is 1. The van der Waals surface area contributed by atoms with E-state index >= 15 is 0 Å². The zero-order valence-electron chi connectivity index (χ0n) is 24.6. The van der Waals surface area contributed by atoms with Gasteiger partial charge in [-0.1, -0.05) is 17.7 Å².